The van der Waals surface area contributed by atoms with Crippen molar-refractivity contribution < 1.29 is 13.2 Å². The average molecular weight is 536 g/mol. The molecule has 0 unspecified atom stereocenters. The number of amides is 1. The largest absolute Gasteiger partial charge is 0.356 e. The number of aromatic nitrogens is 1. The van der Waals surface area contributed by atoms with Gasteiger partial charge >= 0.3 is 0 Å². The molecule has 1 aromatic heterocycles. The van der Waals surface area contributed by atoms with Gasteiger partial charge in [-0.25, -0.2) is 8.42 Å². The monoisotopic (exact) mass is 535 g/mol. The van der Waals surface area contributed by atoms with Crippen molar-refractivity contribution in [3.05, 3.63) is 72.4 Å². The van der Waals surface area contributed by atoms with E-state index in [1.54, 1.807) is 24.4 Å². The zero-order chi connectivity index (χ0) is 26.4. The number of fused-ring (bicyclic) bond motifs is 1. The van der Waals surface area contributed by atoms with Crippen LogP contribution in [0.5, 0.6) is 0 Å². The molecule has 0 spiro atoms. The molecule has 0 bridgehead atoms. The van der Waals surface area contributed by atoms with Crippen molar-refractivity contribution >= 4 is 26.8 Å². The summed E-state index contributed by atoms with van der Waals surface area (Å²) >= 11 is 0. The highest BCUT2D eigenvalue weighted by Gasteiger charge is 2.33. The zero-order valence-electron chi connectivity index (χ0n) is 21.8. The Balaban J connectivity index is 1.02. The van der Waals surface area contributed by atoms with Crippen LogP contribution in [0.4, 0.5) is 0 Å². The molecule has 2 aliphatic heterocycles. The van der Waals surface area contributed by atoms with Crippen molar-refractivity contribution in [2.45, 2.75) is 30.7 Å². The molecule has 1 amide bonds. The number of nitrogens with zero attached hydrogens (tertiary/aromatic N) is 4. The lowest BCUT2D eigenvalue weighted by Crippen LogP contribution is -2.46. The Morgan fingerprint density at radius 1 is 0.868 bits per heavy atom. The van der Waals surface area contributed by atoms with Crippen molar-refractivity contribution in [1.82, 2.24) is 24.4 Å². The number of nitrogens with one attached hydrogen (secondary N) is 1. The molecule has 202 valence electrons. The average Bonchev–Trinajstić information content (AvgIpc) is 2.96. The number of piperidine rings is 1. The van der Waals surface area contributed by atoms with Crippen LogP contribution in [0.1, 0.15) is 24.8 Å². The Morgan fingerprint density at radius 3 is 2.34 bits per heavy atom. The molecule has 0 atom stereocenters. The Labute approximate surface area is 225 Å². The highest BCUT2D eigenvalue weighted by atomic mass is 32.2. The second kappa shape index (κ2) is 12.3. The van der Waals surface area contributed by atoms with E-state index < -0.39 is 10.0 Å². The summed E-state index contributed by atoms with van der Waals surface area (Å²) in [5.74, 6) is -0.102. The molecule has 0 radical (unpaired) electrons. The maximum absolute atomic E-state index is 13.3. The fraction of sp³-hybridized carbons (Fsp3) is 0.448. The summed E-state index contributed by atoms with van der Waals surface area (Å²) in [5.41, 5.74) is 1.85. The van der Waals surface area contributed by atoms with Crippen LogP contribution in [-0.4, -0.2) is 85.8 Å². The minimum atomic E-state index is -3.66. The molecule has 9 heteroatoms. The first kappa shape index (κ1) is 26.7. The second-order valence-electron chi connectivity index (χ2n) is 10.3. The van der Waals surface area contributed by atoms with Gasteiger partial charge in [0.05, 0.1) is 5.52 Å². The van der Waals surface area contributed by atoms with Crippen LogP contribution in [0, 0.1) is 5.92 Å². The number of benzene rings is 2. The van der Waals surface area contributed by atoms with Crippen molar-refractivity contribution in [2.75, 3.05) is 52.4 Å². The van der Waals surface area contributed by atoms with Gasteiger partial charge in [-0.2, -0.15) is 4.31 Å². The number of rotatable bonds is 9. The Hall–Kier alpha value is -2.85. The van der Waals surface area contributed by atoms with Crippen LogP contribution >= 0.6 is 0 Å². The number of hydrogen-bond acceptors (Lipinski definition) is 6. The number of carbonyl (C=O) groups excluding carboxylic acids is 1. The van der Waals surface area contributed by atoms with Gasteiger partial charge in [0, 0.05) is 69.9 Å². The van der Waals surface area contributed by atoms with Crippen LogP contribution in [-0.2, 0) is 21.4 Å². The van der Waals surface area contributed by atoms with Gasteiger partial charge < -0.3 is 10.2 Å². The van der Waals surface area contributed by atoms with E-state index in [-0.39, 0.29) is 16.7 Å². The third kappa shape index (κ3) is 6.40. The van der Waals surface area contributed by atoms with E-state index in [2.05, 4.69) is 50.4 Å². The highest BCUT2D eigenvalue weighted by Crippen LogP contribution is 2.28. The molecule has 2 aliphatic rings. The molecule has 3 heterocycles. The second-order valence-corrected chi connectivity index (χ2v) is 12.2. The zero-order valence-corrected chi connectivity index (χ0v) is 22.7. The Bertz CT molecular complexity index is 1310. The fourth-order valence-corrected chi connectivity index (χ4v) is 7.09. The van der Waals surface area contributed by atoms with Gasteiger partial charge in [0.25, 0.3) is 0 Å². The van der Waals surface area contributed by atoms with Gasteiger partial charge in [0.2, 0.25) is 15.9 Å². The standard InChI is InChI=1S/C29H37N5O3S/c35-29(31-15-6-16-32-19-21-33(22-20-32)23-24-7-2-1-3-8-24)26-12-17-34(18-13-26)38(36,37)27-11-4-9-25-10-5-14-30-28(25)27/h1-5,7-11,14,26H,6,12-13,15-23H2,(H,31,35). The minimum Gasteiger partial charge on any atom is -0.356 e. The number of carbonyl (C=O) groups is 1. The molecule has 0 saturated carbocycles. The predicted octanol–water partition coefficient (Wildman–Crippen LogP) is 2.96. The Morgan fingerprint density at radius 2 is 1.58 bits per heavy atom. The normalized spacial score (nSPS) is 18.5. The van der Waals surface area contributed by atoms with Crippen molar-refractivity contribution in [3.63, 3.8) is 0 Å². The lowest BCUT2D eigenvalue weighted by Gasteiger charge is -2.34. The number of sulfonamides is 1. The van der Waals surface area contributed by atoms with Crippen LogP contribution in [0.2, 0.25) is 0 Å². The van der Waals surface area contributed by atoms with E-state index in [1.807, 2.05) is 12.1 Å². The number of piperazine rings is 1. The SMILES string of the molecule is O=C(NCCCN1CCN(Cc2ccccc2)CC1)C1CCN(S(=O)(=O)c2cccc3cccnc23)CC1. The molecule has 8 nitrogen and oxygen atoms in total. The maximum Gasteiger partial charge on any atom is 0.245 e. The number of hydrogen-bond donors (Lipinski definition) is 1. The smallest absolute Gasteiger partial charge is 0.245 e. The fourth-order valence-electron chi connectivity index (χ4n) is 5.45. The van der Waals surface area contributed by atoms with E-state index in [1.165, 1.54) is 9.87 Å². The van der Waals surface area contributed by atoms with Crippen LogP contribution in [0.15, 0.2) is 71.8 Å². The summed E-state index contributed by atoms with van der Waals surface area (Å²) in [5, 5.41) is 3.89. The van der Waals surface area contributed by atoms with E-state index in [4.69, 9.17) is 0 Å². The van der Waals surface area contributed by atoms with E-state index >= 15 is 0 Å². The van der Waals surface area contributed by atoms with Gasteiger partial charge in [-0.1, -0.05) is 48.5 Å². The van der Waals surface area contributed by atoms with Crippen molar-refractivity contribution in [2.24, 2.45) is 5.92 Å². The molecular formula is C29H37N5O3S. The molecule has 2 fully saturated rings. The summed E-state index contributed by atoms with van der Waals surface area (Å²) in [6.45, 7) is 7.57. The van der Waals surface area contributed by atoms with Crippen LogP contribution in [0.3, 0.4) is 0 Å². The first-order valence-corrected chi connectivity index (χ1v) is 15.0. The van der Waals surface area contributed by atoms with Gasteiger partial charge in [-0.05, 0) is 43.5 Å². The first-order chi connectivity index (χ1) is 18.5. The van der Waals surface area contributed by atoms with Crippen molar-refractivity contribution in [3.8, 4) is 0 Å². The molecule has 0 aliphatic carbocycles. The maximum atomic E-state index is 13.3. The third-order valence-electron chi connectivity index (χ3n) is 7.70. The molecule has 1 N–H and O–H groups in total. The van der Waals surface area contributed by atoms with E-state index in [0.717, 1.165) is 51.1 Å². The predicted molar refractivity (Wildman–Crippen MR) is 149 cm³/mol. The lowest BCUT2D eigenvalue weighted by atomic mass is 9.97. The molecule has 2 aromatic carbocycles. The van der Waals surface area contributed by atoms with Gasteiger partial charge in [-0.3, -0.25) is 14.7 Å². The molecule has 38 heavy (non-hydrogen) atoms. The number of pyridine rings is 1. The quantitative estimate of drug-likeness (QED) is 0.424. The first-order valence-electron chi connectivity index (χ1n) is 13.6. The third-order valence-corrected chi connectivity index (χ3v) is 9.63. The van der Waals surface area contributed by atoms with Gasteiger partial charge in [0.1, 0.15) is 4.90 Å². The summed E-state index contributed by atoms with van der Waals surface area (Å²) in [7, 11) is -3.66. The van der Waals surface area contributed by atoms with E-state index in [0.29, 0.717) is 38.0 Å². The van der Waals surface area contributed by atoms with Gasteiger partial charge in [-0.15, -0.1) is 0 Å². The molecular weight excluding hydrogens is 498 g/mol. The summed E-state index contributed by atoms with van der Waals surface area (Å²) in [4.78, 5) is 22.3. The van der Waals surface area contributed by atoms with Crippen LogP contribution < -0.4 is 5.32 Å². The number of para-hydroxylation sites is 1. The Kier molecular flexibility index (Phi) is 8.68. The highest BCUT2D eigenvalue weighted by molar-refractivity contribution is 7.89. The lowest BCUT2D eigenvalue weighted by molar-refractivity contribution is -0.126. The molecule has 3 aromatic rings. The van der Waals surface area contributed by atoms with Gasteiger partial charge in [0.15, 0.2) is 0 Å². The summed E-state index contributed by atoms with van der Waals surface area (Å²) in [6, 6.07) is 19.5. The summed E-state index contributed by atoms with van der Waals surface area (Å²) < 4.78 is 28.2. The topological polar surface area (TPSA) is 85.9 Å². The summed E-state index contributed by atoms with van der Waals surface area (Å²) in [6.07, 6.45) is 3.61. The van der Waals surface area contributed by atoms with Crippen molar-refractivity contribution in [1.29, 1.82) is 0 Å². The van der Waals surface area contributed by atoms with E-state index in [9.17, 15) is 13.2 Å². The molecule has 2 saturated heterocycles. The molecule has 5 rings (SSSR count). The minimum absolute atomic E-state index is 0.0431. The van der Waals surface area contributed by atoms with Crippen LogP contribution in [0.25, 0.3) is 10.9 Å².